The first-order valence-electron chi connectivity index (χ1n) is 10.9. The Morgan fingerprint density at radius 2 is 1.60 bits per heavy atom. The number of carbonyl (C=O) groups is 1. The molecule has 0 heterocycles. The Kier molecular flexibility index (Phi) is 10.5. The molecule has 0 radical (unpaired) electrons. The molecule has 1 atom stereocenters. The molecule has 2 rings (SSSR count). The maximum atomic E-state index is 11.7. The molecule has 3 nitrogen and oxygen atoms in total. The molecule has 0 aliphatic heterocycles. The third-order valence-electron chi connectivity index (χ3n) is 6.57. The van der Waals surface area contributed by atoms with Gasteiger partial charge in [0.2, 0.25) is 0 Å². The summed E-state index contributed by atoms with van der Waals surface area (Å²) in [5.41, 5.74) is 3.65. The molecule has 166 valence electrons. The SMILES string of the molecule is CCc1ccc(OC(C)=O)c([C@H](CC[N+](C)(C(C)C)C(C)C)c2ccccc2)c1.[I-]. The van der Waals surface area contributed by atoms with Crippen molar-refractivity contribution in [3.05, 3.63) is 65.2 Å². The Bertz CT molecular complexity index is 794. The van der Waals surface area contributed by atoms with Crippen molar-refractivity contribution in [2.45, 2.75) is 72.4 Å². The largest absolute Gasteiger partial charge is 1.00 e. The highest BCUT2D eigenvalue weighted by Crippen LogP contribution is 2.37. The van der Waals surface area contributed by atoms with Crippen LogP contribution in [0, 0.1) is 0 Å². The molecule has 0 unspecified atom stereocenters. The molecule has 0 saturated heterocycles. The fourth-order valence-electron chi connectivity index (χ4n) is 4.04. The fraction of sp³-hybridized carbons (Fsp3) is 0.500. The molecule has 4 heteroatoms. The third-order valence-corrected chi connectivity index (χ3v) is 6.57. The summed E-state index contributed by atoms with van der Waals surface area (Å²) in [5.74, 6) is 0.603. The number of nitrogens with zero attached hydrogens (tertiary/aromatic N) is 1. The molecule has 0 aliphatic rings. The van der Waals surface area contributed by atoms with Crippen molar-refractivity contribution in [1.82, 2.24) is 0 Å². The van der Waals surface area contributed by atoms with Crippen LogP contribution in [0.15, 0.2) is 48.5 Å². The van der Waals surface area contributed by atoms with Crippen molar-refractivity contribution < 1.29 is 38.0 Å². The number of ether oxygens (including phenoxy) is 1. The lowest BCUT2D eigenvalue weighted by molar-refractivity contribution is -0.949. The van der Waals surface area contributed by atoms with Gasteiger partial charge in [0, 0.05) is 24.8 Å². The van der Waals surface area contributed by atoms with Crippen LogP contribution in [0.1, 0.15) is 70.6 Å². The van der Waals surface area contributed by atoms with Gasteiger partial charge < -0.3 is 33.2 Å². The smallest absolute Gasteiger partial charge is 0.308 e. The van der Waals surface area contributed by atoms with Crippen LogP contribution in [0.4, 0.5) is 0 Å². The van der Waals surface area contributed by atoms with Crippen LogP contribution in [0.3, 0.4) is 0 Å². The number of aryl methyl sites for hydroxylation is 1. The molecule has 0 bridgehead atoms. The fourth-order valence-corrected chi connectivity index (χ4v) is 4.04. The molecule has 30 heavy (non-hydrogen) atoms. The van der Waals surface area contributed by atoms with E-state index >= 15 is 0 Å². The van der Waals surface area contributed by atoms with E-state index in [4.69, 9.17) is 4.74 Å². The monoisotopic (exact) mass is 523 g/mol. The minimum absolute atomic E-state index is 0. The third kappa shape index (κ3) is 6.55. The second-order valence-electron chi connectivity index (χ2n) is 8.83. The van der Waals surface area contributed by atoms with Gasteiger partial charge in [-0.2, -0.15) is 0 Å². The van der Waals surface area contributed by atoms with E-state index in [0.29, 0.717) is 17.8 Å². The number of benzene rings is 2. The van der Waals surface area contributed by atoms with Crippen molar-refractivity contribution in [3.8, 4) is 5.75 Å². The van der Waals surface area contributed by atoms with E-state index in [1.54, 1.807) is 0 Å². The molecule has 0 saturated carbocycles. The van der Waals surface area contributed by atoms with Crippen molar-refractivity contribution >= 4 is 5.97 Å². The Morgan fingerprint density at radius 3 is 2.10 bits per heavy atom. The Hall–Kier alpha value is -1.40. The number of hydrogen-bond donors (Lipinski definition) is 0. The van der Waals surface area contributed by atoms with Gasteiger partial charge >= 0.3 is 5.97 Å². The van der Waals surface area contributed by atoms with Gasteiger partial charge in [0.15, 0.2) is 0 Å². The van der Waals surface area contributed by atoms with E-state index in [-0.39, 0.29) is 35.9 Å². The summed E-state index contributed by atoms with van der Waals surface area (Å²) in [6.07, 6.45) is 1.96. The van der Waals surface area contributed by atoms with Crippen LogP contribution in [0.2, 0.25) is 0 Å². The van der Waals surface area contributed by atoms with Gasteiger partial charge in [-0.1, -0.05) is 49.4 Å². The van der Waals surface area contributed by atoms with Gasteiger partial charge in [0.25, 0.3) is 0 Å². The highest BCUT2D eigenvalue weighted by molar-refractivity contribution is 5.70. The van der Waals surface area contributed by atoms with E-state index in [1.807, 2.05) is 6.07 Å². The standard InChI is InChI=1S/C26H38NO2.HI/c1-8-22-14-15-26(29-21(6)28)25(18-22)24(23-12-10-9-11-13-23)16-17-27(7,19(2)3)20(4)5;/h9-15,18-20,24H,8,16-17H2,1-7H3;1H/q+1;/p-1/t24-;/m1./s1. The number of esters is 1. The van der Waals surface area contributed by atoms with Crippen molar-refractivity contribution in [2.75, 3.05) is 13.6 Å². The first-order chi connectivity index (χ1) is 13.7. The van der Waals surface area contributed by atoms with E-state index in [0.717, 1.165) is 29.4 Å². The van der Waals surface area contributed by atoms with E-state index in [1.165, 1.54) is 18.1 Å². The van der Waals surface area contributed by atoms with E-state index in [2.05, 4.69) is 84.1 Å². The normalized spacial score (nSPS) is 12.6. The van der Waals surface area contributed by atoms with Crippen LogP contribution < -0.4 is 28.7 Å². The molecule has 0 spiro atoms. The minimum atomic E-state index is -0.271. The first kappa shape index (κ1) is 26.6. The van der Waals surface area contributed by atoms with E-state index in [9.17, 15) is 4.79 Å². The van der Waals surface area contributed by atoms with Gasteiger partial charge in [-0.3, -0.25) is 4.79 Å². The topological polar surface area (TPSA) is 26.3 Å². The van der Waals surface area contributed by atoms with Crippen molar-refractivity contribution in [2.24, 2.45) is 0 Å². The number of hydrogen-bond acceptors (Lipinski definition) is 2. The Morgan fingerprint density at radius 1 is 1.00 bits per heavy atom. The molecule has 0 N–H and O–H groups in total. The summed E-state index contributed by atoms with van der Waals surface area (Å²) in [6, 6.07) is 18.0. The van der Waals surface area contributed by atoms with Gasteiger partial charge in [-0.05, 0) is 51.3 Å². The summed E-state index contributed by atoms with van der Waals surface area (Å²) in [4.78, 5) is 11.7. The minimum Gasteiger partial charge on any atom is -1.00 e. The highest BCUT2D eigenvalue weighted by Gasteiger charge is 2.31. The molecule has 2 aromatic rings. The summed E-state index contributed by atoms with van der Waals surface area (Å²) in [6.45, 7) is 13.9. The van der Waals surface area contributed by atoms with Crippen LogP contribution >= 0.6 is 0 Å². The maximum absolute atomic E-state index is 11.7. The summed E-state index contributed by atoms with van der Waals surface area (Å²) in [5, 5.41) is 0. The second-order valence-corrected chi connectivity index (χ2v) is 8.83. The number of quaternary nitrogens is 1. The zero-order chi connectivity index (χ0) is 21.6. The van der Waals surface area contributed by atoms with Gasteiger partial charge in [-0.25, -0.2) is 0 Å². The molecule has 0 aliphatic carbocycles. The van der Waals surface area contributed by atoms with Crippen molar-refractivity contribution in [1.29, 1.82) is 0 Å². The molecule has 0 fully saturated rings. The molecule has 0 amide bonds. The lowest BCUT2D eigenvalue weighted by Gasteiger charge is -2.43. The maximum Gasteiger partial charge on any atom is 0.308 e. The lowest BCUT2D eigenvalue weighted by atomic mass is 9.86. The zero-order valence-electron chi connectivity index (χ0n) is 19.6. The van der Waals surface area contributed by atoms with Crippen LogP contribution in [0.5, 0.6) is 5.75 Å². The first-order valence-corrected chi connectivity index (χ1v) is 10.9. The van der Waals surface area contributed by atoms with Crippen LogP contribution in [0.25, 0.3) is 0 Å². The summed E-state index contributed by atoms with van der Waals surface area (Å²) < 4.78 is 6.64. The Balaban J connectivity index is 0.00000450. The number of carbonyl (C=O) groups excluding carboxylic acids is 1. The van der Waals surface area contributed by atoms with Crippen LogP contribution in [-0.2, 0) is 11.2 Å². The Labute approximate surface area is 200 Å². The molecular weight excluding hydrogens is 485 g/mol. The quantitative estimate of drug-likeness (QED) is 0.219. The highest BCUT2D eigenvalue weighted by atomic mass is 127. The number of rotatable bonds is 9. The average Bonchev–Trinajstić information content (AvgIpc) is 2.69. The van der Waals surface area contributed by atoms with Gasteiger partial charge in [0.1, 0.15) is 5.75 Å². The second kappa shape index (κ2) is 11.8. The predicted molar refractivity (Wildman–Crippen MR) is 121 cm³/mol. The van der Waals surface area contributed by atoms with Gasteiger partial charge in [0.05, 0.1) is 25.7 Å². The average molecular weight is 523 g/mol. The summed E-state index contributed by atoms with van der Waals surface area (Å²) >= 11 is 0. The van der Waals surface area contributed by atoms with Gasteiger partial charge in [-0.15, -0.1) is 0 Å². The molecule has 2 aromatic carbocycles. The predicted octanol–water partition coefficient (Wildman–Crippen LogP) is 2.96. The lowest BCUT2D eigenvalue weighted by Crippen LogP contribution is -3.00. The summed E-state index contributed by atoms with van der Waals surface area (Å²) in [7, 11) is 2.35. The van der Waals surface area contributed by atoms with E-state index < -0.39 is 0 Å². The molecular formula is C26H38INO2. The van der Waals surface area contributed by atoms with Crippen molar-refractivity contribution in [3.63, 3.8) is 0 Å². The molecule has 0 aromatic heterocycles. The number of halogens is 1. The van der Waals surface area contributed by atoms with Crippen LogP contribution in [-0.4, -0.2) is 36.1 Å². The zero-order valence-corrected chi connectivity index (χ0v) is 21.8.